The SMILES string of the molecule is CC(CN)NC(=O)Oc1ccccc1. The Kier molecular flexibility index (Phi) is 3.94. The fourth-order valence-electron chi connectivity index (χ4n) is 0.885. The van der Waals surface area contributed by atoms with E-state index in [1.807, 2.05) is 13.0 Å². The molecule has 4 nitrogen and oxygen atoms in total. The second kappa shape index (κ2) is 5.24. The highest BCUT2D eigenvalue weighted by Crippen LogP contribution is 2.07. The molecule has 1 unspecified atom stereocenters. The molecule has 0 saturated heterocycles. The molecule has 14 heavy (non-hydrogen) atoms. The van der Waals surface area contributed by atoms with Crippen LogP contribution in [-0.4, -0.2) is 18.7 Å². The lowest BCUT2D eigenvalue weighted by molar-refractivity contribution is 0.197. The Labute approximate surface area is 83.1 Å². The summed E-state index contributed by atoms with van der Waals surface area (Å²) in [6.07, 6.45) is -0.478. The van der Waals surface area contributed by atoms with E-state index in [0.29, 0.717) is 12.3 Å². The molecule has 0 aliphatic rings. The number of carbonyl (C=O) groups is 1. The van der Waals surface area contributed by atoms with E-state index >= 15 is 0 Å². The van der Waals surface area contributed by atoms with Crippen LogP contribution in [0.4, 0.5) is 4.79 Å². The average Bonchev–Trinajstić information content (AvgIpc) is 2.19. The van der Waals surface area contributed by atoms with Crippen LogP contribution < -0.4 is 15.8 Å². The van der Waals surface area contributed by atoms with Gasteiger partial charge in [0.1, 0.15) is 5.75 Å². The molecular weight excluding hydrogens is 180 g/mol. The summed E-state index contributed by atoms with van der Waals surface area (Å²) in [5.74, 6) is 0.522. The van der Waals surface area contributed by atoms with Gasteiger partial charge < -0.3 is 15.8 Å². The number of carbonyl (C=O) groups excluding carboxylic acids is 1. The topological polar surface area (TPSA) is 64.3 Å². The van der Waals surface area contributed by atoms with Crippen molar-refractivity contribution in [3.05, 3.63) is 30.3 Å². The lowest BCUT2D eigenvalue weighted by Crippen LogP contribution is -2.39. The Morgan fingerprint density at radius 1 is 1.50 bits per heavy atom. The number of benzene rings is 1. The Balaban J connectivity index is 2.42. The van der Waals surface area contributed by atoms with Crippen LogP contribution in [0.15, 0.2) is 30.3 Å². The van der Waals surface area contributed by atoms with Crippen molar-refractivity contribution in [2.75, 3.05) is 6.54 Å². The van der Waals surface area contributed by atoms with Crippen LogP contribution >= 0.6 is 0 Å². The molecule has 1 aromatic rings. The Hall–Kier alpha value is -1.55. The zero-order valence-corrected chi connectivity index (χ0v) is 8.07. The molecule has 0 aliphatic heterocycles. The highest BCUT2D eigenvalue weighted by atomic mass is 16.6. The summed E-state index contributed by atoms with van der Waals surface area (Å²) in [6.45, 7) is 2.20. The average molecular weight is 194 g/mol. The number of para-hydroxylation sites is 1. The van der Waals surface area contributed by atoms with E-state index in [1.165, 1.54) is 0 Å². The van der Waals surface area contributed by atoms with Crippen LogP contribution in [0, 0.1) is 0 Å². The number of hydrogen-bond donors (Lipinski definition) is 2. The van der Waals surface area contributed by atoms with E-state index in [-0.39, 0.29) is 6.04 Å². The van der Waals surface area contributed by atoms with Gasteiger partial charge in [0.15, 0.2) is 0 Å². The van der Waals surface area contributed by atoms with Gasteiger partial charge in [0.2, 0.25) is 0 Å². The second-order valence-corrected chi connectivity index (χ2v) is 2.98. The number of hydrogen-bond acceptors (Lipinski definition) is 3. The van der Waals surface area contributed by atoms with Crippen molar-refractivity contribution in [3.8, 4) is 5.75 Å². The molecule has 0 heterocycles. The van der Waals surface area contributed by atoms with Gasteiger partial charge in [0, 0.05) is 12.6 Å². The largest absolute Gasteiger partial charge is 0.412 e. The van der Waals surface area contributed by atoms with Crippen molar-refractivity contribution >= 4 is 6.09 Å². The predicted octanol–water partition coefficient (Wildman–Crippen LogP) is 1.12. The number of nitrogens with one attached hydrogen (secondary N) is 1. The summed E-state index contributed by atoms with van der Waals surface area (Å²) >= 11 is 0. The van der Waals surface area contributed by atoms with Crippen molar-refractivity contribution in [2.24, 2.45) is 5.73 Å². The van der Waals surface area contributed by atoms with E-state index in [1.54, 1.807) is 24.3 Å². The van der Waals surface area contributed by atoms with E-state index < -0.39 is 6.09 Å². The lowest BCUT2D eigenvalue weighted by Gasteiger charge is -2.10. The molecule has 1 amide bonds. The summed E-state index contributed by atoms with van der Waals surface area (Å²) < 4.78 is 4.98. The third-order valence-electron chi connectivity index (χ3n) is 1.67. The predicted molar refractivity (Wildman–Crippen MR) is 54.1 cm³/mol. The van der Waals surface area contributed by atoms with E-state index in [0.717, 1.165) is 0 Å². The first-order valence-electron chi connectivity index (χ1n) is 4.46. The van der Waals surface area contributed by atoms with Gasteiger partial charge in [0.25, 0.3) is 0 Å². The number of amides is 1. The highest BCUT2D eigenvalue weighted by molar-refractivity contribution is 5.70. The molecule has 76 valence electrons. The van der Waals surface area contributed by atoms with Gasteiger partial charge in [-0.3, -0.25) is 0 Å². The van der Waals surface area contributed by atoms with Gasteiger partial charge in [-0.05, 0) is 19.1 Å². The normalized spacial score (nSPS) is 11.9. The summed E-state index contributed by atoms with van der Waals surface area (Å²) in [4.78, 5) is 11.2. The maximum Gasteiger partial charge on any atom is 0.412 e. The quantitative estimate of drug-likeness (QED) is 0.757. The first kappa shape index (κ1) is 10.5. The molecule has 0 saturated carbocycles. The highest BCUT2D eigenvalue weighted by Gasteiger charge is 2.06. The van der Waals surface area contributed by atoms with Crippen molar-refractivity contribution < 1.29 is 9.53 Å². The third kappa shape index (κ3) is 3.45. The minimum Gasteiger partial charge on any atom is -0.410 e. The van der Waals surface area contributed by atoms with Gasteiger partial charge in [-0.25, -0.2) is 4.79 Å². The summed E-state index contributed by atoms with van der Waals surface area (Å²) in [5, 5.41) is 2.59. The molecule has 1 rings (SSSR count). The van der Waals surface area contributed by atoms with Crippen molar-refractivity contribution in [3.63, 3.8) is 0 Å². The lowest BCUT2D eigenvalue weighted by atomic mass is 10.3. The van der Waals surface area contributed by atoms with Gasteiger partial charge in [-0.1, -0.05) is 18.2 Å². The summed E-state index contributed by atoms with van der Waals surface area (Å²) in [6, 6.07) is 8.81. The molecule has 0 radical (unpaired) electrons. The second-order valence-electron chi connectivity index (χ2n) is 2.98. The molecule has 0 spiro atoms. The molecule has 0 aliphatic carbocycles. The smallest absolute Gasteiger partial charge is 0.410 e. The van der Waals surface area contributed by atoms with Crippen LogP contribution in [0.25, 0.3) is 0 Å². The number of rotatable bonds is 3. The molecule has 1 atom stereocenters. The Bertz CT molecular complexity index is 287. The van der Waals surface area contributed by atoms with Crippen molar-refractivity contribution in [1.82, 2.24) is 5.32 Å². The fourth-order valence-corrected chi connectivity index (χ4v) is 0.885. The van der Waals surface area contributed by atoms with Crippen LogP contribution in [0.1, 0.15) is 6.92 Å². The van der Waals surface area contributed by atoms with Crippen LogP contribution in [0.3, 0.4) is 0 Å². The van der Waals surface area contributed by atoms with Crippen LogP contribution in [0.5, 0.6) is 5.75 Å². The maximum atomic E-state index is 11.2. The van der Waals surface area contributed by atoms with Crippen molar-refractivity contribution in [1.29, 1.82) is 0 Å². The minimum absolute atomic E-state index is 0.0776. The maximum absolute atomic E-state index is 11.2. The zero-order chi connectivity index (χ0) is 10.4. The van der Waals surface area contributed by atoms with E-state index in [4.69, 9.17) is 10.5 Å². The monoisotopic (exact) mass is 194 g/mol. The van der Waals surface area contributed by atoms with Crippen molar-refractivity contribution in [2.45, 2.75) is 13.0 Å². The minimum atomic E-state index is -0.478. The Morgan fingerprint density at radius 3 is 2.71 bits per heavy atom. The molecular formula is C10H14N2O2. The zero-order valence-electron chi connectivity index (χ0n) is 8.07. The molecule has 0 aromatic heterocycles. The van der Waals surface area contributed by atoms with Gasteiger partial charge >= 0.3 is 6.09 Å². The first-order valence-corrected chi connectivity index (χ1v) is 4.46. The summed E-state index contributed by atoms with van der Waals surface area (Å²) in [7, 11) is 0. The number of nitrogens with two attached hydrogens (primary N) is 1. The summed E-state index contributed by atoms with van der Waals surface area (Å²) in [5.41, 5.74) is 5.34. The molecule has 4 heteroatoms. The molecule has 0 fully saturated rings. The fraction of sp³-hybridized carbons (Fsp3) is 0.300. The van der Waals surface area contributed by atoms with Crippen LogP contribution in [-0.2, 0) is 0 Å². The Morgan fingerprint density at radius 2 is 2.14 bits per heavy atom. The van der Waals surface area contributed by atoms with Gasteiger partial charge in [-0.15, -0.1) is 0 Å². The number of ether oxygens (including phenoxy) is 1. The molecule has 3 N–H and O–H groups in total. The van der Waals surface area contributed by atoms with E-state index in [2.05, 4.69) is 5.32 Å². The molecule has 1 aromatic carbocycles. The molecule has 0 bridgehead atoms. The van der Waals surface area contributed by atoms with Crippen LogP contribution in [0.2, 0.25) is 0 Å². The van der Waals surface area contributed by atoms with Gasteiger partial charge in [-0.2, -0.15) is 0 Å². The van der Waals surface area contributed by atoms with Gasteiger partial charge in [0.05, 0.1) is 0 Å². The standard InChI is InChI=1S/C10H14N2O2/c1-8(7-11)12-10(13)14-9-5-3-2-4-6-9/h2-6,8H,7,11H2,1H3,(H,12,13). The van der Waals surface area contributed by atoms with E-state index in [9.17, 15) is 4.79 Å². The third-order valence-corrected chi connectivity index (χ3v) is 1.67. The first-order chi connectivity index (χ1) is 6.72.